The van der Waals surface area contributed by atoms with Crippen LogP contribution in [0.5, 0.6) is 0 Å². The highest BCUT2D eigenvalue weighted by atomic mass is 16.1. The van der Waals surface area contributed by atoms with E-state index in [0.717, 1.165) is 41.1 Å². The maximum atomic E-state index is 12.7. The Hall–Kier alpha value is -4.71. The van der Waals surface area contributed by atoms with Crippen molar-refractivity contribution in [3.8, 4) is 6.07 Å². The quantitative estimate of drug-likeness (QED) is 0.307. The van der Waals surface area contributed by atoms with Gasteiger partial charge in [-0.1, -0.05) is 30.3 Å². The van der Waals surface area contributed by atoms with Crippen molar-refractivity contribution in [1.82, 2.24) is 25.5 Å². The fraction of sp³-hybridized carbons (Fsp3) is 0.222. The zero-order valence-corrected chi connectivity index (χ0v) is 20.1. The Kier molecular flexibility index (Phi) is 6.33. The number of fused-ring (bicyclic) bond motifs is 2. The van der Waals surface area contributed by atoms with Gasteiger partial charge in [0, 0.05) is 44.5 Å². The first-order chi connectivity index (χ1) is 17.5. The second-order valence-corrected chi connectivity index (χ2v) is 8.90. The van der Waals surface area contributed by atoms with Crippen LogP contribution >= 0.6 is 0 Å². The van der Waals surface area contributed by atoms with Gasteiger partial charge in [0.25, 0.3) is 5.91 Å². The third-order valence-corrected chi connectivity index (χ3v) is 6.42. The van der Waals surface area contributed by atoms with Crippen molar-refractivity contribution in [2.75, 3.05) is 37.0 Å². The van der Waals surface area contributed by atoms with Gasteiger partial charge in [-0.05, 0) is 41.8 Å². The van der Waals surface area contributed by atoms with Gasteiger partial charge in [-0.25, -0.2) is 9.97 Å². The number of nitriles is 1. The fourth-order valence-electron chi connectivity index (χ4n) is 4.55. The van der Waals surface area contributed by atoms with Crippen LogP contribution in [0.4, 0.5) is 17.2 Å². The number of nitrogens with zero attached hydrogens (tertiary/aromatic N) is 6. The summed E-state index contributed by atoms with van der Waals surface area (Å²) in [5.74, 6) is 0.641. The van der Waals surface area contributed by atoms with E-state index in [-0.39, 0.29) is 17.4 Å². The van der Waals surface area contributed by atoms with Crippen LogP contribution in [-0.4, -0.2) is 53.3 Å². The first-order valence-corrected chi connectivity index (χ1v) is 11.7. The summed E-state index contributed by atoms with van der Waals surface area (Å²) in [7, 11) is 3.93. The number of para-hydroxylation sites is 1. The maximum Gasteiger partial charge on any atom is 0.261 e. The number of anilines is 3. The molecule has 36 heavy (non-hydrogen) atoms. The van der Waals surface area contributed by atoms with Gasteiger partial charge in [0.1, 0.15) is 23.8 Å². The second-order valence-electron chi connectivity index (χ2n) is 8.90. The number of hydrogen-bond donors (Lipinski definition) is 2. The van der Waals surface area contributed by atoms with Crippen molar-refractivity contribution in [3.05, 3.63) is 77.8 Å². The van der Waals surface area contributed by atoms with Crippen molar-refractivity contribution in [1.29, 1.82) is 5.26 Å². The van der Waals surface area contributed by atoms with E-state index in [2.05, 4.69) is 42.5 Å². The van der Waals surface area contributed by atoms with Gasteiger partial charge < -0.3 is 15.1 Å². The zero-order chi connectivity index (χ0) is 25.1. The van der Waals surface area contributed by atoms with E-state index < -0.39 is 0 Å². The summed E-state index contributed by atoms with van der Waals surface area (Å²) in [4.78, 5) is 25.7. The minimum atomic E-state index is -0.367. The van der Waals surface area contributed by atoms with Crippen LogP contribution in [0, 0.1) is 11.3 Å². The van der Waals surface area contributed by atoms with Crippen molar-refractivity contribution in [3.63, 3.8) is 0 Å². The van der Waals surface area contributed by atoms with Gasteiger partial charge in [-0.3, -0.25) is 9.89 Å². The molecule has 2 N–H and O–H groups in total. The summed E-state index contributed by atoms with van der Waals surface area (Å²) >= 11 is 0. The molecule has 2 aromatic heterocycles. The fourth-order valence-corrected chi connectivity index (χ4v) is 4.55. The van der Waals surface area contributed by atoms with Crippen LogP contribution in [0.2, 0.25) is 0 Å². The van der Waals surface area contributed by atoms with E-state index in [1.54, 1.807) is 12.3 Å². The third-order valence-electron chi connectivity index (χ3n) is 6.42. The Morgan fingerprint density at radius 3 is 2.81 bits per heavy atom. The Bertz CT molecular complexity index is 1470. The molecule has 9 heteroatoms. The summed E-state index contributed by atoms with van der Waals surface area (Å²) in [6, 6.07) is 18.0. The number of nitrogens with one attached hydrogen (secondary N) is 2. The predicted octanol–water partition coefficient (Wildman–Crippen LogP) is 3.77. The lowest BCUT2D eigenvalue weighted by atomic mass is 9.98. The molecule has 180 valence electrons. The molecule has 3 heterocycles. The highest BCUT2D eigenvalue weighted by Crippen LogP contribution is 2.42. The van der Waals surface area contributed by atoms with Crippen molar-refractivity contribution in [2.45, 2.75) is 12.3 Å². The smallest absolute Gasteiger partial charge is 0.261 e. The van der Waals surface area contributed by atoms with Crippen LogP contribution in [0.1, 0.15) is 23.5 Å². The van der Waals surface area contributed by atoms with Gasteiger partial charge in [0.15, 0.2) is 5.65 Å². The Labute approximate surface area is 209 Å². The average Bonchev–Trinajstić information content (AvgIpc) is 3.52. The molecule has 0 radical (unpaired) electrons. The number of aromatic amines is 1. The summed E-state index contributed by atoms with van der Waals surface area (Å²) < 4.78 is 0. The molecule has 0 saturated carbocycles. The first kappa shape index (κ1) is 23.1. The lowest BCUT2D eigenvalue weighted by Crippen LogP contribution is -2.27. The number of amides is 1. The topological polar surface area (TPSA) is 114 Å². The molecule has 2 aromatic carbocycles. The first-order valence-electron chi connectivity index (χ1n) is 11.7. The second kappa shape index (κ2) is 9.88. The van der Waals surface area contributed by atoms with Gasteiger partial charge in [-0.15, -0.1) is 0 Å². The van der Waals surface area contributed by atoms with E-state index in [9.17, 15) is 10.1 Å². The minimum absolute atomic E-state index is 0.0874. The minimum Gasteiger partial charge on any atom is -0.378 e. The van der Waals surface area contributed by atoms with Gasteiger partial charge >= 0.3 is 0 Å². The molecular formula is C27H26N8O. The highest BCUT2D eigenvalue weighted by molar-refractivity contribution is 6.01. The molecule has 0 bridgehead atoms. The summed E-state index contributed by atoms with van der Waals surface area (Å²) in [5.41, 5.74) is 4.94. The standard InChI is InChI=1S/C27H26N8O/c1-34(2)21-9-7-18(8-10-21)13-20(14-28)27(36)29-12-11-19-16-35(24-6-4-3-5-22(19)24)26-23-15-32-33-25(23)30-17-31-26/h3-10,13,15,17,19H,11-12,16H2,1-2H3,(H,29,36)(H,30,31,32,33)/b20-13+. The molecule has 1 atom stereocenters. The van der Waals surface area contributed by atoms with Gasteiger partial charge in [-0.2, -0.15) is 10.4 Å². The average molecular weight is 479 g/mol. The Morgan fingerprint density at radius 2 is 2.03 bits per heavy atom. The summed E-state index contributed by atoms with van der Waals surface area (Å²) in [5, 5.41) is 20.4. The Balaban J connectivity index is 1.27. The molecule has 1 unspecified atom stereocenters. The maximum absolute atomic E-state index is 12.7. The van der Waals surface area contributed by atoms with Crippen LogP contribution < -0.4 is 15.1 Å². The number of rotatable bonds is 7. The number of hydrogen-bond acceptors (Lipinski definition) is 7. The highest BCUT2D eigenvalue weighted by Gasteiger charge is 2.31. The zero-order valence-electron chi connectivity index (χ0n) is 20.1. The van der Waals surface area contributed by atoms with E-state index >= 15 is 0 Å². The van der Waals surface area contributed by atoms with Gasteiger partial charge in [0.05, 0.1) is 11.6 Å². The van der Waals surface area contributed by atoms with Crippen molar-refractivity contribution < 1.29 is 4.79 Å². The van der Waals surface area contributed by atoms with Crippen LogP contribution in [0.3, 0.4) is 0 Å². The number of benzene rings is 2. The van der Waals surface area contributed by atoms with Crippen LogP contribution in [-0.2, 0) is 4.79 Å². The lowest BCUT2D eigenvalue weighted by Gasteiger charge is -2.19. The molecule has 1 amide bonds. The van der Waals surface area contributed by atoms with Gasteiger partial charge in [0.2, 0.25) is 0 Å². The molecule has 0 spiro atoms. The number of H-pyrrole nitrogens is 1. The summed E-state index contributed by atoms with van der Waals surface area (Å²) in [6.45, 7) is 1.18. The van der Waals surface area contributed by atoms with Crippen molar-refractivity contribution in [2.24, 2.45) is 0 Å². The molecule has 9 nitrogen and oxygen atoms in total. The number of aromatic nitrogens is 4. The van der Waals surface area contributed by atoms with E-state index in [4.69, 9.17) is 0 Å². The van der Waals surface area contributed by atoms with E-state index in [1.165, 1.54) is 11.9 Å². The lowest BCUT2D eigenvalue weighted by molar-refractivity contribution is -0.117. The molecule has 1 aliphatic heterocycles. The van der Waals surface area contributed by atoms with Crippen LogP contribution in [0.25, 0.3) is 17.1 Å². The molecular weight excluding hydrogens is 452 g/mol. The number of carbonyl (C=O) groups is 1. The molecule has 0 aliphatic carbocycles. The molecule has 5 rings (SSSR count). The molecule has 1 aliphatic rings. The Morgan fingerprint density at radius 1 is 1.22 bits per heavy atom. The third kappa shape index (κ3) is 4.49. The van der Waals surface area contributed by atoms with Crippen LogP contribution in [0.15, 0.2) is 66.6 Å². The SMILES string of the molecule is CN(C)c1ccc(/C=C(\C#N)C(=O)NCCC2CN(c3ncnc4[nH]ncc34)c3ccccc32)cc1. The summed E-state index contributed by atoms with van der Waals surface area (Å²) in [6.07, 6.45) is 5.63. The predicted molar refractivity (Wildman–Crippen MR) is 140 cm³/mol. The molecule has 4 aromatic rings. The molecule has 0 fully saturated rings. The van der Waals surface area contributed by atoms with E-state index in [1.807, 2.05) is 61.5 Å². The van der Waals surface area contributed by atoms with E-state index in [0.29, 0.717) is 12.2 Å². The largest absolute Gasteiger partial charge is 0.378 e. The monoisotopic (exact) mass is 478 g/mol. The number of carbonyl (C=O) groups excluding carboxylic acids is 1. The normalized spacial score (nSPS) is 15.0. The van der Waals surface area contributed by atoms with Crippen molar-refractivity contribution >= 4 is 40.2 Å². The molecule has 0 saturated heterocycles.